The molecule has 0 bridgehead atoms. The fraction of sp³-hybridized carbons (Fsp3) is 0.909. The Bertz CT molecular complexity index is 187. The quantitative estimate of drug-likeness (QED) is 0.695. The third-order valence-corrected chi connectivity index (χ3v) is 3.21. The summed E-state index contributed by atoms with van der Waals surface area (Å²) in [7, 11) is 0. The Labute approximate surface area is 85.4 Å². The highest BCUT2D eigenvalue weighted by atomic mass is 16.7. The molecule has 1 aliphatic carbocycles. The van der Waals surface area contributed by atoms with Crippen LogP contribution in [0.1, 0.15) is 32.6 Å². The van der Waals surface area contributed by atoms with Crippen molar-refractivity contribution in [1.82, 2.24) is 0 Å². The minimum atomic E-state index is -0.330. The van der Waals surface area contributed by atoms with E-state index in [4.69, 9.17) is 9.47 Å². The number of rotatable bonds is 1. The Kier molecular flexibility index (Phi) is 2.82. The first kappa shape index (κ1) is 10.4. The zero-order chi connectivity index (χ0) is 10.1. The van der Waals surface area contributed by atoms with Gasteiger partial charge in [0.2, 0.25) is 0 Å². The van der Waals surface area contributed by atoms with Gasteiger partial charge in [-0.1, -0.05) is 6.92 Å². The van der Waals surface area contributed by atoms with Crippen molar-refractivity contribution >= 4 is 0 Å². The maximum Gasteiger partial charge on any atom is 0.168 e. The van der Waals surface area contributed by atoms with Crippen molar-refractivity contribution in [1.29, 1.82) is 0 Å². The lowest BCUT2D eigenvalue weighted by Crippen LogP contribution is -2.50. The van der Waals surface area contributed by atoms with E-state index < -0.39 is 0 Å². The summed E-state index contributed by atoms with van der Waals surface area (Å²) >= 11 is 0. The van der Waals surface area contributed by atoms with Crippen molar-refractivity contribution in [2.24, 2.45) is 5.41 Å². The Morgan fingerprint density at radius 1 is 1.21 bits per heavy atom. The zero-order valence-electron chi connectivity index (χ0n) is 8.79. The maximum absolute atomic E-state index is 9.17. The van der Waals surface area contributed by atoms with E-state index in [1.54, 1.807) is 0 Å². The summed E-state index contributed by atoms with van der Waals surface area (Å²) in [6.07, 6.45) is 6.38. The highest BCUT2D eigenvalue weighted by Crippen LogP contribution is 2.38. The van der Waals surface area contributed by atoms with Crippen molar-refractivity contribution in [3.63, 3.8) is 0 Å². The Morgan fingerprint density at radius 3 is 2.29 bits per heavy atom. The van der Waals surface area contributed by atoms with Crippen LogP contribution in [0.5, 0.6) is 0 Å². The van der Waals surface area contributed by atoms with E-state index in [9.17, 15) is 5.11 Å². The highest BCUT2D eigenvalue weighted by Gasteiger charge is 2.42. The molecule has 2 fully saturated rings. The van der Waals surface area contributed by atoms with Crippen LogP contribution in [-0.4, -0.2) is 30.7 Å². The van der Waals surface area contributed by atoms with Crippen molar-refractivity contribution in [3.05, 3.63) is 6.42 Å². The molecule has 1 saturated heterocycles. The van der Waals surface area contributed by atoms with Crippen LogP contribution in [-0.2, 0) is 9.47 Å². The molecule has 1 heterocycles. The zero-order valence-corrected chi connectivity index (χ0v) is 8.79. The Balaban J connectivity index is 1.93. The van der Waals surface area contributed by atoms with Crippen LogP contribution in [0, 0.1) is 11.8 Å². The summed E-state index contributed by atoms with van der Waals surface area (Å²) in [6, 6.07) is 0. The number of hydrogen-bond donors (Lipinski definition) is 1. The van der Waals surface area contributed by atoms with Gasteiger partial charge >= 0.3 is 0 Å². The van der Waals surface area contributed by atoms with Crippen LogP contribution < -0.4 is 0 Å². The molecule has 0 aromatic heterocycles. The topological polar surface area (TPSA) is 38.7 Å². The molecule has 0 aromatic rings. The second-order valence-corrected chi connectivity index (χ2v) is 4.82. The van der Waals surface area contributed by atoms with Crippen LogP contribution in [0.3, 0.4) is 0 Å². The summed E-state index contributed by atoms with van der Waals surface area (Å²) in [5, 5.41) is 9.17. The number of hydrogen-bond acceptors (Lipinski definition) is 3. The largest absolute Gasteiger partial charge is 0.396 e. The van der Waals surface area contributed by atoms with Gasteiger partial charge in [0, 0.05) is 18.3 Å². The minimum absolute atomic E-state index is 0.134. The number of aliphatic hydroxyl groups is 1. The molecule has 0 amide bonds. The standard InChI is InChI=1S/C11H19O3/c1-10(7-12)8-13-11(14-9-10)5-3-2-4-6-11/h2,12H,3-9H2,1H3. The van der Waals surface area contributed by atoms with Crippen LogP contribution in [0.15, 0.2) is 0 Å². The lowest BCUT2D eigenvalue weighted by atomic mass is 9.89. The molecule has 1 radical (unpaired) electrons. The smallest absolute Gasteiger partial charge is 0.168 e. The predicted octanol–water partition coefficient (Wildman–Crippen LogP) is 1.51. The van der Waals surface area contributed by atoms with E-state index in [-0.39, 0.29) is 17.8 Å². The van der Waals surface area contributed by atoms with Crippen molar-refractivity contribution in [2.45, 2.75) is 38.4 Å². The van der Waals surface area contributed by atoms with Crippen molar-refractivity contribution < 1.29 is 14.6 Å². The third-order valence-electron chi connectivity index (χ3n) is 3.21. The molecular formula is C11H19O3. The SMILES string of the molecule is CC1(CO)COC2(CC[CH]CC2)OC1. The summed E-state index contributed by atoms with van der Waals surface area (Å²) in [5.41, 5.74) is -0.202. The van der Waals surface area contributed by atoms with Crippen molar-refractivity contribution in [2.75, 3.05) is 19.8 Å². The van der Waals surface area contributed by atoms with Gasteiger partial charge in [-0.25, -0.2) is 0 Å². The molecule has 1 N–H and O–H groups in total. The first-order chi connectivity index (χ1) is 6.68. The molecule has 3 nitrogen and oxygen atoms in total. The van der Waals surface area contributed by atoms with Gasteiger partial charge in [-0.05, 0) is 19.3 Å². The molecule has 0 unspecified atom stereocenters. The predicted molar refractivity (Wildman–Crippen MR) is 52.6 cm³/mol. The molecular weight excluding hydrogens is 180 g/mol. The van der Waals surface area contributed by atoms with Crippen LogP contribution in [0.4, 0.5) is 0 Å². The summed E-state index contributed by atoms with van der Waals surface area (Å²) in [4.78, 5) is 0. The summed E-state index contributed by atoms with van der Waals surface area (Å²) in [6.45, 7) is 3.36. The maximum atomic E-state index is 9.17. The summed E-state index contributed by atoms with van der Waals surface area (Å²) < 4.78 is 11.6. The van der Waals surface area contributed by atoms with Gasteiger partial charge in [0.15, 0.2) is 5.79 Å². The molecule has 1 saturated carbocycles. The first-order valence-corrected chi connectivity index (χ1v) is 5.39. The van der Waals surface area contributed by atoms with Crippen LogP contribution >= 0.6 is 0 Å². The molecule has 1 aliphatic heterocycles. The van der Waals surface area contributed by atoms with Gasteiger partial charge in [0.25, 0.3) is 0 Å². The normalized spacial score (nSPS) is 30.4. The van der Waals surface area contributed by atoms with E-state index in [1.165, 1.54) is 0 Å². The highest BCUT2D eigenvalue weighted by molar-refractivity contribution is 4.88. The number of aliphatic hydroxyl groups excluding tert-OH is 1. The average molecular weight is 199 g/mol. The van der Waals surface area contributed by atoms with Crippen molar-refractivity contribution in [3.8, 4) is 0 Å². The van der Waals surface area contributed by atoms with Gasteiger partial charge < -0.3 is 14.6 Å². The molecule has 0 aromatic carbocycles. The summed E-state index contributed by atoms with van der Waals surface area (Å²) in [5.74, 6) is -0.330. The molecule has 3 heteroatoms. The second kappa shape index (κ2) is 3.80. The Hall–Kier alpha value is -0.120. The average Bonchev–Trinajstić information content (AvgIpc) is 2.25. The first-order valence-electron chi connectivity index (χ1n) is 5.39. The number of ether oxygens (including phenoxy) is 2. The van der Waals surface area contributed by atoms with E-state index >= 15 is 0 Å². The van der Waals surface area contributed by atoms with E-state index in [2.05, 4.69) is 6.42 Å². The lowest BCUT2D eigenvalue weighted by Gasteiger charge is -2.45. The monoisotopic (exact) mass is 199 g/mol. The van der Waals surface area contributed by atoms with E-state index in [0.29, 0.717) is 13.2 Å². The fourth-order valence-corrected chi connectivity index (χ4v) is 1.99. The van der Waals surface area contributed by atoms with Gasteiger partial charge in [-0.15, -0.1) is 0 Å². The molecule has 0 atom stereocenters. The molecule has 2 aliphatic rings. The van der Waals surface area contributed by atoms with E-state index in [1.807, 2.05) is 6.92 Å². The molecule has 81 valence electrons. The molecule has 2 rings (SSSR count). The minimum Gasteiger partial charge on any atom is -0.396 e. The van der Waals surface area contributed by atoms with Crippen LogP contribution in [0.25, 0.3) is 0 Å². The van der Waals surface area contributed by atoms with Crippen LogP contribution in [0.2, 0.25) is 0 Å². The van der Waals surface area contributed by atoms with Gasteiger partial charge in [0.05, 0.1) is 19.8 Å². The van der Waals surface area contributed by atoms with Gasteiger partial charge in [0.1, 0.15) is 0 Å². The van der Waals surface area contributed by atoms with E-state index in [0.717, 1.165) is 25.7 Å². The van der Waals surface area contributed by atoms with Gasteiger partial charge in [-0.2, -0.15) is 0 Å². The molecule has 1 spiro atoms. The lowest BCUT2D eigenvalue weighted by molar-refractivity contribution is -0.313. The third kappa shape index (κ3) is 1.95. The molecule has 14 heavy (non-hydrogen) atoms. The Morgan fingerprint density at radius 2 is 1.79 bits per heavy atom. The second-order valence-electron chi connectivity index (χ2n) is 4.82. The fourth-order valence-electron chi connectivity index (χ4n) is 1.99. The van der Waals surface area contributed by atoms with Gasteiger partial charge in [-0.3, -0.25) is 0 Å².